The number of nitrogens with one attached hydrogen (secondary N) is 1. The van der Waals surface area contributed by atoms with Gasteiger partial charge in [-0.15, -0.1) is 0 Å². The molecule has 0 saturated heterocycles. The van der Waals surface area contributed by atoms with E-state index in [1.807, 2.05) is 48.3 Å². The van der Waals surface area contributed by atoms with Crippen LogP contribution in [0.15, 0.2) is 59.0 Å². The molecule has 0 spiro atoms. The number of hydrogen-bond acceptors (Lipinski definition) is 3. The quantitative estimate of drug-likeness (QED) is 0.492. The highest BCUT2D eigenvalue weighted by Gasteiger charge is 2.26. The Morgan fingerprint density at radius 1 is 1.12 bits per heavy atom. The van der Waals surface area contributed by atoms with Crippen LogP contribution < -0.4 is 5.32 Å². The molecule has 1 aliphatic heterocycles. The predicted octanol–water partition coefficient (Wildman–Crippen LogP) is 6.11. The molecule has 6 heteroatoms. The van der Waals surface area contributed by atoms with Crippen LogP contribution in [0.2, 0.25) is 5.02 Å². The normalized spacial score (nSPS) is 16.9. The van der Waals surface area contributed by atoms with Crippen molar-refractivity contribution in [2.75, 3.05) is 12.4 Å². The monoisotopic (exact) mass is 446 g/mol. The van der Waals surface area contributed by atoms with E-state index < -0.39 is 0 Å². The molecule has 0 unspecified atom stereocenters. The molecule has 2 amide bonds. The van der Waals surface area contributed by atoms with Crippen molar-refractivity contribution >= 4 is 40.8 Å². The van der Waals surface area contributed by atoms with Gasteiger partial charge in [0.1, 0.15) is 11.5 Å². The molecule has 1 saturated carbocycles. The molecule has 2 aliphatic rings. The number of rotatable bonds is 4. The Hall–Kier alpha value is -3.31. The minimum atomic E-state index is -0.192. The highest BCUT2D eigenvalue weighted by molar-refractivity contribution is 6.36. The minimum absolute atomic E-state index is 0.0313. The summed E-state index contributed by atoms with van der Waals surface area (Å²) in [5.74, 6) is 1.03. The maximum atomic E-state index is 13.0. The van der Waals surface area contributed by atoms with Crippen molar-refractivity contribution in [3.63, 3.8) is 0 Å². The Balaban J connectivity index is 1.41. The Morgan fingerprint density at radius 2 is 1.94 bits per heavy atom. The third kappa shape index (κ3) is 3.84. The van der Waals surface area contributed by atoms with E-state index in [1.54, 1.807) is 24.3 Å². The maximum Gasteiger partial charge on any atom is 0.256 e. The fourth-order valence-electron chi connectivity index (χ4n) is 4.50. The van der Waals surface area contributed by atoms with Crippen molar-refractivity contribution in [3.05, 3.63) is 76.5 Å². The van der Waals surface area contributed by atoms with Crippen LogP contribution in [-0.2, 0) is 4.79 Å². The number of fused-ring (bicyclic) bond motifs is 1. The maximum absolute atomic E-state index is 13.0. The van der Waals surface area contributed by atoms with Crippen LogP contribution in [0.1, 0.15) is 47.4 Å². The minimum Gasteiger partial charge on any atom is -0.457 e. The molecule has 0 radical (unpaired) electrons. The van der Waals surface area contributed by atoms with E-state index in [0.29, 0.717) is 33.7 Å². The molecule has 32 heavy (non-hydrogen) atoms. The van der Waals surface area contributed by atoms with Crippen LogP contribution in [0.5, 0.6) is 0 Å². The van der Waals surface area contributed by atoms with E-state index in [-0.39, 0.29) is 11.8 Å². The van der Waals surface area contributed by atoms with Gasteiger partial charge in [0.25, 0.3) is 11.8 Å². The lowest BCUT2D eigenvalue weighted by Gasteiger charge is -2.24. The Morgan fingerprint density at radius 3 is 2.75 bits per heavy atom. The molecule has 162 valence electrons. The van der Waals surface area contributed by atoms with Gasteiger partial charge in [0.15, 0.2) is 0 Å². The molecule has 1 aliphatic carbocycles. The Bertz CT molecular complexity index is 1240. The second-order valence-electron chi connectivity index (χ2n) is 8.34. The van der Waals surface area contributed by atoms with Crippen molar-refractivity contribution in [1.82, 2.24) is 4.90 Å². The number of nitrogens with zero attached hydrogens (tertiary/aromatic N) is 1. The van der Waals surface area contributed by atoms with Gasteiger partial charge < -0.3 is 14.6 Å². The number of amides is 2. The number of furan rings is 1. The average Bonchev–Trinajstić information content (AvgIpc) is 3.55. The summed E-state index contributed by atoms with van der Waals surface area (Å²) in [6.07, 6.45) is 6.22. The van der Waals surface area contributed by atoms with E-state index in [0.717, 1.165) is 29.7 Å². The molecule has 2 heterocycles. The predicted molar refractivity (Wildman–Crippen MR) is 126 cm³/mol. The summed E-state index contributed by atoms with van der Waals surface area (Å²) in [7, 11) is 1.89. The molecule has 1 N–H and O–H groups in total. The molecule has 2 aromatic carbocycles. The van der Waals surface area contributed by atoms with Gasteiger partial charge in [-0.2, -0.15) is 0 Å². The molecular weight excluding hydrogens is 424 g/mol. The third-order valence-electron chi connectivity index (χ3n) is 6.26. The lowest BCUT2D eigenvalue weighted by molar-refractivity contribution is -0.110. The summed E-state index contributed by atoms with van der Waals surface area (Å²) in [6, 6.07) is 16.8. The van der Waals surface area contributed by atoms with Gasteiger partial charge in [0.05, 0.1) is 5.57 Å². The largest absolute Gasteiger partial charge is 0.457 e. The Labute approximate surface area is 191 Å². The lowest BCUT2D eigenvalue weighted by Crippen LogP contribution is -2.35. The summed E-state index contributed by atoms with van der Waals surface area (Å²) in [5, 5.41) is 3.40. The van der Waals surface area contributed by atoms with Gasteiger partial charge in [0.2, 0.25) is 0 Å². The van der Waals surface area contributed by atoms with Crippen LogP contribution >= 0.6 is 11.6 Å². The molecule has 1 aromatic heterocycles. The van der Waals surface area contributed by atoms with Gasteiger partial charge in [-0.25, -0.2) is 0 Å². The molecule has 5 nitrogen and oxygen atoms in total. The molecule has 3 aromatic rings. The molecule has 5 rings (SSSR count). The van der Waals surface area contributed by atoms with Gasteiger partial charge in [0, 0.05) is 40.5 Å². The topological polar surface area (TPSA) is 62.6 Å². The zero-order valence-electron chi connectivity index (χ0n) is 17.7. The van der Waals surface area contributed by atoms with Crippen LogP contribution in [-0.4, -0.2) is 29.8 Å². The summed E-state index contributed by atoms with van der Waals surface area (Å²) < 4.78 is 6.01. The fourth-order valence-corrected chi connectivity index (χ4v) is 4.67. The number of carbonyl (C=O) groups is 2. The first-order chi connectivity index (χ1) is 15.5. The number of anilines is 1. The van der Waals surface area contributed by atoms with E-state index >= 15 is 0 Å². The van der Waals surface area contributed by atoms with E-state index in [1.165, 1.54) is 12.8 Å². The smallest absolute Gasteiger partial charge is 0.256 e. The summed E-state index contributed by atoms with van der Waals surface area (Å²) >= 11 is 6.11. The highest BCUT2D eigenvalue weighted by atomic mass is 35.5. The molecule has 0 bridgehead atoms. The standard InChI is InChI=1S/C26H23ClN2O3/c1-29(19-7-2-3-8-19)26(31)17-6-4-5-16(13-17)24-12-10-20(32-24)15-22-21-14-18(27)9-11-23(21)28-25(22)30/h4-6,9-15,19H,2-3,7-8H2,1H3,(H,28,30)/b22-15+. The van der Waals surface area contributed by atoms with Crippen molar-refractivity contribution in [3.8, 4) is 11.3 Å². The van der Waals surface area contributed by atoms with Crippen LogP contribution in [0.3, 0.4) is 0 Å². The van der Waals surface area contributed by atoms with Crippen molar-refractivity contribution < 1.29 is 14.0 Å². The van der Waals surface area contributed by atoms with Gasteiger partial charge >= 0.3 is 0 Å². The zero-order chi connectivity index (χ0) is 22.2. The van der Waals surface area contributed by atoms with Crippen molar-refractivity contribution in [2.45, 2.75) is 31.7 Å². The average molecular weight is 447 g/mol. The zero-order valence-corrected chi connectivity index (χ0v) is 18.5. The van der Waals surface area contributed by atoms with E-state index in [4.69, 9.17) is 16.0 Å². The first-order valence-corrected chi connectivity index (χ1v) is 11.2. The third-order valence-corrected chi connectivity index (χ3v) is 6.50. The number of halogens is 1. The fraction of sp³-hybridized carbons (Fsp3) is 0.231. The number of benzene rings is 2. The lowest BCUT2D eigenvalue weighted by atomic mass is 10.1. The number of carbonyl (C=O) groups excluding carboxylic acids is 2. The summed E-state index contributed by atoms with van der Waals surface area (Å²) in [4.78, 5) is 27.2. The SMILES string of the molecule is CN(C(=O)c1cccc(-c2ccc(/C=C3/C(=O)Nc4ccc(Cl)cc43)o2)c1)C1CCCC1. The van der Waals surface area contributed by atoms with Crippen molar-refractivity contribution in [2.24, 2.45) is 0 Å². The van der Waals surface area contributed by atoms with Crippen LogP contribution in [0.25, 0.3) is 23.0 Å². The van der Waals surface area contributed by atoms with Gasteiger partial charge in [-0.3, -0.25) is 9.59 Å². The first-order valence-electron chi connectivity index (χ1n) is 10.8. The van der Waals surface area contributed by atoms with Crippen molar-refractivity contribution in [1.29, 1.82) is 0 Å². The van der Waals surface area contributed by atoms with Gasteiger partial charge in [-0.1, -0.05) is 36.6 Å². The number of hydrogen-bond donors (Lipinski definition) is 1. The molecular formula is C26H23ClN2O3. The van der Waals surface area contributed by atoms with Crippen LogP contribution in [0.4, 0.5) is 5.69 Å². The highest BCUT2D eigenvalue weighted by Crippen LogP contribution is 2.35. The summed E-state index contributed by atoms with van der Waals surface area (Å²) in [5.41, 5.74) is 3.45. The Kier molecular flexibility index (Phi) is 5.35. The second-order valence-corrected chi connectivity index (χ2v) is 8.78. The second kappa shape index (κ2) is 8.32. The van der Waals surface area contributed by atoms with E-state index in [9.17, 15) is 9.59 Å². The molecule has 0 atom stereocenters. The first kappa shape index (κ1) is 20.6. The van der Waals surface area contributed by atoms with E-state index in [2.05, 4.69) is 5.32 Å². The van der Waals surface area contributed by atoms with Gasteiger partial charge in [-0.05, 0) is 61.4 Å². The van der Waals surface area contributed by atoms with Crippen LogP contribution in [0, 0.1) is 0 Å². The summed E-state index contributed by atoms with van der Waals surface area (Å²) in [6.45, 7) is 0. The molecule has 1 fully saturated rings.